The van der Waals surface area contributed by atoms with E-state index in [1.165, 1.54) is 6.07 Å². The van der Waals surface area contributed by atoms with Crippen molar-refractivity contribution in [3.05, 3.63) is 53.1 Å². The molecule has 0 spiro atoms. The van der Waals surface area contributed by atoms with Crippen LogP contribution in [0, 0.1) is 5.92 Å². The zero-order valence-electron chi connectivity index (χ0n) is 13.8. The van der Waals surface area contributed by atoms with E-state index in [2.05, 4.69) is 15.3 Å². The molecule has 4 heterocycles. The third kappa shape index (κ3) is 3.39. The van der Waals surface area contributed by atoms with Crippen molar-refractivity contribution < 1.29 is 9.15 Å². The fourth-order valence-corrected chi connectivity index (χ4v) is 3.05. The summed E-state index contributed by atoms with van der Waals surface area (Å²) in [6.45, 7) is 2.39. The Morgan fingerprint density at radius 2 is 2.08 bits per heavy atom. The molecular weight excluding hydrogens is 318 g/mol. The fourth-order valence-electron chi connectivity index (χ4n) is 3.05. The molecule has 0 amide bonds. The molecule has 128 valence electrons. The molecule has 1 saturated heterocycles. The van der Waals surface area contributed by atoms with E-state index >= 15 is 0 Å². The number of nitrogens with one attached hydrogen (secondary N) is 1. The van der Waals surface area contributed by atoms with Gasteiger partial charge in [-0.25, -0.2) is 4.98 Å². The lowest BCUT2D eigenvalue weighted by molar-refractivity contribution is 0.0699. The highest BCUT2D eigenvalue weighted by Crippen LogP contribution is 2.25. The molecule has 1 aliphatic heterocycles. The van der Waals surface area contributed by atoms with Crippen molar-refractivity contribution in [3.63, 3.8) is 0 Å². The highest BCUT2D eigenvalue weighted by molar-refractivity contribution is 5.87. The molecule has 0 unspecified atom stereocenters. The molecule has 0 aromatic carbocycles. The van der Waals surface area contributed by atoms with E-state index in [1.807, 2.05) is 12.1 Å². The van der Waals surface area contributed by atoms with Gasteiger partial charge in [-0.2, -0.15) is 0 Å². The summed E-state index contributed by atoms with van der Waals surface area (Å²) in [5.74, 6) is 1.64. The van der Waals surface area contributed by atoms with Gasteiger partial charge in [0, 0.05) is 50.0 Å². The molecule has 0 atom stereocenters. The maximum absolute atomic E-state index is 12.5. The van der Waals surface area contributed by atoms with Crippen LogP contribution >= 0.6 is 0 Å². The zero-order valence-corrected chi connectivity index (χ0v) is 13.8. The van der Waals surface area contributed by atoms with Crippen molar-refractivity contribution in [3.8, 4) is 11.3 Å². The van der Waals surface area contributed by atoms with Crippen LogP contribution < -0.4 is 10.7 Å². The number of fused-ring (bicyclic) bond motifs is 1. The molecule has 6 heteroatoms. The number of rotatable bonds is 4. The highest BCUT2D eigenvalue weighted by Gasteiger charge is 2.16. The van der Waals surface area contributed by atoms with Gasteiger partial charge in [0.15, 0.2) is 16.8 Å². The Hall–Kier alpha value is -2.73. The summed E-state index contributed by atoms with van der Waals surface area (Å²) in [7, 11) is 0. The van der Waals surface area contributed by atoms with Gasteiger partial charge in [-0.1, -0.05) is 0 Å². The first-order valence-electron chi connectivity index (χ1n) is 8.46. The lowest BCUT2D eigenvalue weighted by Gasteiger charge is -2.22. The minimum absolute atomic E-state index is 0.0865. The minimum Gasteiger partial charge on any atom is -0.452 e. The Morgan fingerprint density at radius 3 is 2.88 bits per heavy atom. The van der Waals surface area contributed by atoms with E-state index in [0.29, 0.717) is 28.5 Å². The Morgan fingerprint density at radius 1 is 1.20 bits per heavy atom. The summed E-state index contributed by atoms with van der Waals surface area (Å²) < 4.78 is 11.4. The van der Waals surface area contributed by atoms with Crippen LogP contribution in [0.2, 0.25) is 0 Å². The second-order valence-corrected chi connectivity index (χ2v) is 6.19. The van der Waals surface area contributed by atoms with Gasteiger partial charge in [-0.15, -0.1) is 0 Å². The van der Waals surface area contributed by atoms with Gasteiger partial charge in [-0.3, -0.25) is 9.78 Å². The van der Waals surface area contributed by atoms with Crippen LogP contribution in [0.4, 0.5) is 5.82 Å². The fraction of sp³-hybridized carbons (Fsp3) is 0.316. The van der Waals surface area contributed by atoms with Gasteiger partial charge < -0.3 is 14.5 Å². The summed E-state index contributed by atoms with van der Waals surface area (Å²) in [6, 6.07) is 6.87. The van der Waals surface area contributed by atoms with Crippen molar-refractivity contribution in [2.24, 2.45) is 5.92 Å². The molecule has 0 radical (unpaired) electrons. The summed E-state index contributed by atoms with van der Waals surface area (Å²) in [4.78, 5) is 20.9. The summed E-state index contributed by atoms with van der Waals surface area (Å²) in [5.41, 5.74) is 1.17. The van der Waals surface area contributed by atoms with Crippen molar-refractivity contribution >= 4 is 16.8 Å². The first-order chi connectivity index (χ1) is 12.3. The normalized spacial score (nSPS) is 15.4. The Bertz CT molecular complexity index is 918. The highest BCUT2D eigenvalue weighted by atomic mass is 16.5. The molecule has 0 saturated carbocycles. The van der Waals surface area contributed by atoms with Gasteiger partial charge >= 0.3 is 0 Å². The van der Waals surface area contributed by atoms with Crippen LogP contribution in [0.15, 0.2) is 52.1 Å². The molecule has 6 nitrogen and oxygen atoms in total. The predicted octanol–water partition coefficient (Wildman–Crippen LogP) is 3.09. The number of ether oxygens (including phenoxy) is 1. The van der Waals surface area contributed by atoms with Gasteiger partial charge in [-0.05, 0) is 37.0 Å². The monoisotopic (exact) mass is 337 g/mol. The molecule has 0 aliphatic carbocycles. The van der Waals surface area contributed by atoms with Crippen molar-refractivity contribution in [2.45, 2.75) is 12.8 Å². The van der Waals surface area contributed by atoms with E-state index in [-0.39, 0.29) is 5.43 Å². The predicted molar refractivity (Wildman–Crippen MR) is 95.5 cm³/mol. The SMILES string of the molecule is O=c1cc(-c2cccnc2)oc2c(NCC3CCOCC3)nccc12. The number of pyridine rings is 2. The molecule has 3 aromatic heterocycles. The van der Waals surface area contributed by atoms with E-state index in [0.717, 1.165) is 38.2 Å². The summed E-state index contributed by atoms with van der Waals surface area (Å²) in [5, 5.41) is 3.87. The summed E-state index contributed by atoms with van der Waals surface area (Å²) >= 11 is 0. The molecule has 1 fully saturated rings. The number of hydrogen-bond donors (Lipinski definition) is 1. The quantitative estimate of drug-likeness (QED) is 0.788. The van der Waals surface area contributed by atoms with Crippen LogP contribution in [0.25, 0.3) is 22.3 Å². The first kappa shape index (κ1) is 15.8. The molecule has 1 N–H and O–H groups in total. The second kappa shape index (κ2) is 7.03. The zero-order chi connectivity index (χ0) is 17.1. The van der Waals surface area contributed by atoms with E-state index in [1.54, 1.807) is 24.7 Å². The Balaban J connectivity index is 1.69. The van der Waals surface area contributed by atoms with Gasteiger partial charge in [0.2, 0.25) is 0 Å². The standard InChI is InChI=1S/C19H19N3O3/c23-16-10-17(14-2-1-6-20-12-14)25-18-15(16)3-7-21-19(18)22-11-13-4-8-24-9-5-13/h1-3,6-7,10,12-13H,4-5,8-9,11H2,(H,21,22). The second-order valence-electron chi connectivity index (χ2n) is 6.19. The first-order valence-corrected chi connectivity index (χ1v) is 8.46. The van der Waals surface area contributed by atoms with E-state index in [9.17, 15) is 4.79 Å². The number of nitrogens with zero attached hydrogens (tertiary/aromatic N) is 2. The average molecular weight is 337 g/mol. The Labute approximate surface area is 144 Å². The summed E-state index contributed by atoms with van der Waals surface area (Å²) in [6.07, 6.45) is 7.06. The molecule has 4 rings (SSSR count). The van der Waals surface area contributed by atoms with Crippen LogP contribution in [-0.2, 0) is 4.74 Å². The van der Waals surface area contributed by atoms with Crippen LogP contribution in [-0.4, -0.2) is 29.7 Å². The molecule has 1 aliphatic rings. The van der Waals surface area contributed by atoms with Crippen molar-refractivity contribution in [2.75, 3.05) is 25.1 Å². The maximum atomic E-state index is 12.5. The third-order valence-corrected chi connectivity index (χ3v) is 4.49. The van der Waals surface area contributed by atoms with Gasteiger partial charge in [0.1, 0.15) is 5.76 Å². The smallest absolute Gasteiger partial charge is 0.193 e. The molecule has 0 bridgehead atoms. The van der Waals surface area contributed by atoms with Gasteiger partial charge in [0.25, 0.3) is 0 Å². The van der Waals surface area contributed by atoms with Crippen LogP contribution in [0.1, 0.15) is 12.8 Å². The molecule has 25 heavy (non-hydrogen) atoms. The van der Waals surface area contributed by atoms with E-state index in [4.69, 9.17) is 9.15 Å². The molecule has 3 aromatic rings. The lowest BCUT2D eigenvalue weighted by Crippen LogP contribution is -2.23. The van der Waals surface area contributed by atoms with Gasteiger partial charge in [0.05, 0.1) is 5.39 Å². The Kier molecular flexibility index (Phi) is 4.43. The largest absolute Gasteiger partial charge is 0.452 e. The minimum atomic E-state index is -0.0865. The topological polar surface area (TPSA) is 77.2 Å². The number of aromatic nitrogens is 2. The van der Waals surface area contributed by atoms with Crippen LogP contribution in [0.3, 0.4) is 0 Å². The van der Waals surface area contributed by atoms with Crippen LogP contribution in [0.5, 0.6) is 0 Å². The third-order valence-electron chi connectivity index (χ3n) is 4.49. The van der Waals surface area contributed by atoms with E-state index < -0.39 is 0 Å². The molecular formula is C19H19N3O3. The number of anilines is 1. The lowest BCUT2D eigenvalue weighted by atomic mass is 10.0. The average Bonchev–Trinajstić information content (AvgIpc) is 2.68. The number of hydrogen-bond acceptors (Lipinski definition) is 6. The van der Waals surface area contributed by atoms with Crippen molar-refractivity contribution in [1.29, 1.82) is 0 Å². The van der Waals surface area contributed by atoms with Crippen molar-refractivity contribution in [1.82, 2.24) is 9.97 Å². The maximum Gasteiger partial charge on any atom is 0.193 e.